The van der Waals surface area contributed by atoms with Crippen molar-refractivity contribution < 1.29 is 19.2 Å². The maximum atomic E-state index is 10.6. The van der Waals surface area contributed by atoms with Crippen LogP contribution in [-0.4, -0.2) is 28.3 Å². The van der Waals surface area contributed by atoms with Crippen LogP contribution in [0.4, 0.5) is 0 Å². The van der Waals surface area contributed by atoms with Crippen LogP contribution in [0, 0.1) is 0 Å². The van der Waals surface area contributed by atoms with E-state index in [0.29, 0.717) is 0 Å². The van der Waals surface area contributed by atoms with Crippen LogP contribution in [0.25, 0.3) is 0 Å². The Hall–Kier alpha value is -2.21. The third-order valence-electron chi connectivity index (χ3n) is 2.20. The topological polar surface area (TPSA) is 85.5 Å². The number of carboxylic acid groups (broad SMARTS) is 1. The van der Waals surface area contributed by atoms with Gasteiger partial charge in [-0.15, -0.1) is 0 Å². The fourth-order valence-corrected chi connectivity index (χ4v) is 1.44. The number of carbonyl (C=O) groups is 1. The van der Waals surface area contributed by atoms with Gasteiger partial charge in [0.2, 0.25) is 0 Å². The highest BCUT2D eigenvalue weighted by Gasteiger charge is 2.22. The second kappa shape index (κ2) is 4.75. The van der Waals surface area contributed by atoms with E-state index in [1.807, 2.05) is 30.3 Å². The summed E-state index contributed by atoms with van der Waals surface area (Å²) in [5, 5.41) is 12.0. The quantitative estimate of drug-likeness (QED) is 0.862. The van der Waals surface area contributed by atoms with Crippen LogP contribution in [0.15, 0.2) is 34.9 Å². The number of nitrogens with zero attached hydrogens (tertiary/aromatic N) is 2. The zero-order valence-corrected chi connectivity index (χ0v) is 9.03. The summed E-state index contributed by atoms with van der Waals surface area (Å²) in [6.45, 7) is 0. The molecule has 1 aromatic heterocycles. The van der Waals surface area contributed by atoms with Crippen molar-refractivity contribution in [1.82, 2.24) is 10.1 Å². The van der Waals surface area contributed by atoms with Crippen molar-refractivity contribution in [3.8, 4) is 0 Å². The monoisotopic (exact) mass is 234 g/mol. The normalized spacial score (nSPS) is 12.3. The molecular weight excluding hydrogens is 224 g/mol. The SMILES string of the molecule is COC(c1ccccc1)c1nc(C(=O)O)no1. The van der Waals surface area contributed by atoms with Crippen molar-refractivity contribution in [2.45, 2.75) is 6.10 Å². The minimum Gasteiger partial charge on any atom is -0.475 e. The molecule has 6 heteroatoms. The number of benzene rings is 1. The molecule has 1 unspecified atom stereocenters. The second-order valence-electron chi connectivity index (χ2n) is 3.29. The van der Waals surface area contributed by atoms with Gasteiger partial charge in [0.05, 0.1) is 0 Å². The Bertz CT molecular complexity index is 509. The van der Waals surface area contributed by atoms with Crippen LogP contribution in [0.5, 0.6) is 0 Å². The Labute approximate surface area is 96.8 Å². The Kier molecular flexibility index (Phi) is 3.15. The van der Waals surface area contributed by atoms with E-state index in [1.54, 1.807) is 0 Å². The predicted molar refractivity (Wildman–Crippen MR) is 56.6 cm³/mol. The second-order valence-corrected chi connectivity index (χ2v) is 3.29. The molecule has 0 aliphatic heterocycles. The lowest BCUT2D eigenvalue weighted by Gasteiger charge is -2.10. The maximum absolute atomic E-state index is 10.6. The first-order valence-electron chi connectivity index (χ1n) is 4.87. The van der Waals surface area contributed by atoms with Gasteiger partial charge in [0.1, 0.15) is 0 Å². The van der Waals surface area contributed by atoms with Gasteiger partial charge < -0.3 is 14.4 Å². The predicted octanol–water partition coefficient (Wildman–Crippen LogP) is 1.50. The summed E-state index contributed by atoms with van der Waals surface area (Å²) in [7, 11) is 1.49. The summed E-state index contributed by atoms with van der Waals surface area (Å²) >= 11 is 0. The number of rotatable bonds is 4. The van der Waals surface area contributed by atoms with Crippen LogP contribution in [0.3, 0.4) is 0 Å². The maximum Gasteiger partial charge on any atom is 0.377 e. The highest BCUT2D eigenvalue weighted by molar-refractivity contribution is 5.82. The lowest BCUT2D eigenvalue weighted by molar-refractivity contribution is 0.0680. The molecule has 2 rings (SSSR count). The molecule has 0 bridgehead atoms. The van der Waals surface area contributed by atoms with Crippen LogP contribution in [0.1, 0.15) is 28.2 Å². The van der Waals surface area contributed by atoms with Gasteiger partial charge in [0, 0.05) is 7.11 Å². The van der Waals surface area contributed by atoms with Gasteiger partial charge in [-0.3, -0.25) is 0 Å². The summed E-state index contributed by atoms with van der Waals surface area (Å²) in [6, 6.07) is 9.22. The molecule has 0 aliphatic carbocycles. The molecule has 0 saturated carbocycles. The van der Waals surface area contributed by atoms with Gasteiger partial charge in [-0.1, -0.05) is 30.3 Å². The van der Waals surface area contributed by atoms with Crippen LogP contribution in [-0.2, 0) is 4.74 Å². The summed E-state index contributed by atoms with van der Waals surface area (Å²) in [5.41, 5.74) is 0.815. The summed E-state index contributed by atoms with van der Waals surface area (Å²) in [4.78, 5) is 14.4. The van der Waals surface area contributed by atoms with Gasteiger partial charge in [0.25, 0.3) is 11.7 Å². The molecule has 0 aliphatic rings. The minimum absolute atomic E-state index is 0.121. The highest BCUT2D eigenvalue weighted by atomic mass is 16.5. The largest absolute Gasteiger partial charge is 0.475 e. The van der Waals surface area contributed by atoms with E-state index in [9.17, 15) is 4.79 Å². The summed E-state index contributed by atoms with van der Waals surface area (Å²) in [5.74, 6) is -1.49. The van der Waals surface area contributed by atoms with E-state index in [1.165, 1.54) is 7.11 Å². The first kappa shape index (κ1) is 11.3. The van der Waals surface area contributed by atoms with E-state index >= 15 is 0 Å². The number of ether oxygens (including phenoxy) is 1. The molecule has 0 saturated heterocycles. The van der Waals surface area contributed by atoms with Gasteiger partial charge in [-0.25, -0.2) is 4.79 Å². The lowest BCUT2D eigenvalue weighted by Crippen LogP contribution is -2.05. The standard InChI is InChI=1S/C11H10N2O4/c1-16-8(7-5-3-2-4-6-7)10-12-9(11(14)15)13-17-10/h2-6,8H,1H3,(H,14,15). The van der Waals surface area contributed by atoms with Crippen LogP contribution < -0.4 is 0 Å². The van der Waals surface area contributed by atoms with Gasteiger partial charge >= 0.3 is 5.97 Å². The average molecular weight is 234 g/mol. The molecule has 1 aromatic carbocycles. The third kappa shape index (κ3) is 2.31. The van der Waals surface area contributed by atoms with E-state index < -0.39 is 12.1 Å². The Morgan fingerprint density at radius 1 is 1.41 bits per heavy atom. The first-order valence-corrected chi connectivity index (χ1v) is 4.87. The Morgan fingerprint density at radius 2 is 2.12 bits per heavy atom. The number of hydrogen-bond donors (Lipinski definition) is 1. The van der Waals surface area contributed by atoms with Crippen molar-refractivity contribution in [1.29, 1.82) is 0 Å². The van der Waals surface area contributed by atoms with Crippen molar-refractivity contribution in [3.63, 3.8) is 0 Å². The van der Waals surface area contributed by atoms with Gasteiger partial charge in [-0.05, 0) is 10.7 Å². The number of hydrogen-bond acceptors (Lipinski definition) is 5. The number of carboxylic acids is 1. The molecule has 2 aromatic rings. The number of aromatic carboxylic acids is 1. The molecule has 6 nitrogen and oxygen atoms in total. The average Bonchev–Trinajstić information content (AvgIpc) is 2.81. The first-order chi connectivity index (χ1) is 8.22. The summed E-state index contributed by atoms with van der Waals surface area (Å²) in [6.07, 6.45) is -0.559. The van der Waals surface area contributed by atoms with Gasteiger partial charge in [0.15, 0.2) is 6.10 Å². The molecule has 1 heterocycles. The fourth-order valence-electron chi connectivity index (χ4n) is 1.44. The van der Waals surface area contributed by atoms with Crippen molar-refractivity contribution in [2.75, 3.05) is 7.11 Å². The zero-order valence-electron chi connectivity index (χ0n) is 9.03. The smallest absolute Gasteiger partial charge is 0.377 e. The zero-order chi connectivity index (χ0) is 12.3. The molecule has 0 amide bonds. The molecule has 0 fully saturated rings. The Morgan fingerprint density at radius 3 is 2.65 bits per heavy atom. The van der Waals surface area contributed by atoms with Crippen molar-refractivity contribution >= 4 is 5.97 Å². The van der Waals surface area contributed by atoms with Crippen molar-refractivity contribution in [2.24, 2.45) is 0 Å². The summed E-state index contributed by atoms with van der Waals surface area (Å²) < 4.78 is 10.1. The molecule has 0 spiro atoms. The van der Waals surface area contributed by atoms with E-state index in [0.717, 1.165) is 5.56 Å². The molecular formula is C11H10N2O4. The van der Waals surface area contributed by atoms with E-state index in [-0.39, 0.29) is 11.7 Å². The van der Waals surface area contributed by atoms with E-state index in [4.69, 9.17) is 14.4 Å². The number of aromatic nitrogens is 2. The highest BCUT2D eigenvalue weighted by Crippen LogP contribution is 2.23. The van der Waals surface area contributed by atoms with Gasteiger partial charge in [-0.2, -0.15) is 4.98 Å². The molecule has 1 N–H and O–H groups in total. The third-order valence-corrected chi connectivity index (χ3v) is 2.20. The Balaban J connectivity index is 2.32. The molecule has 88 valence electrons. The minimum atomic E-state index is -1.23. The van der Waals surface area contributed by atoms with E-state index in [2.05, 4.69) is 10.1 Å². The number of methoxy groups -OCH3 is 1. The van der Waals surface area contributed by atoms with Crippen LogP contribution >= 0.6 is 0 Å². The molecule has 0 radical (unpaired) electrons. The van der Waals surface area contributed by atoms with Crippen LogP contribution in [0.2, 0.25) is 0 Å². The molecule has 17 heavy (non-hydrogen) atoms. The molecule has 1 atom stereocenters. The lowest BCUT2D eigenvalue weighted by atomic mass is 10.1. The fraction of sp³-hybridized carbons (Fsp3) is 0.182. The van der Waals surface area contributed by atoms with Crippen molar-refractivity contribution in [3.05, 3.63) is 47.6 Å².